The molecule has 0 unspecified atom stereocenters. The first-order valence-electron chi connectivity index (χ1n) is 5.63. The van der Waals surface area contributed by atoms with Gasteiger partial charge in [-0.1, -0.05) is 18.2 Å². The van der Waals surface area contributed by atoms with Gasteiger partial charge in [0, 0.05) is 13.1 Å². The SMILES string of the molecule is C=CCN(CCO)S(=O)(=O)c1ccccc1C(F)(F)F. The van der Waals surface area contributed by atoms with E-state index in [1.54, 1.807) is 0 Å². The zero-order valence-electron chi connectivity index (χ0n) is 10.5. The third kappa shape index (κ3) is 3.59. The van der Waals surface area contributed by atoms with Gasteiger partial charge >= 0.3 is 6.18 Å². The smallest absolute Gasteiger partial charge is 0.395 e. The normalized spacial score (nSPS) is 12.7. The van der Waals surface area contributed by atoms with E-state index in [2.05, 4.69) is 6.58 Å². The Labute approximate surface area is 115 Å². The van der Waals surface area contributed by atoms with Gasteiger partial charge < -0.3 is 5.11 Å². The van der Waals surface area contributed by atoms with Crippen LogP contribution in [0.3, 0.4) is 0 Å². The number of halogens is 3. The lowest BCUT2D eigenvalue weighted by Gasteiger charge is -2.22. The third-order valence-electron chi connectivity index (χ3n) is 2.49. The Morgan fingerprint density at radius 3 is 2.40 bits per heavy atom. The molecular weight excluding hydrogens is 295 g/mol. The molecule has 0 aliphatic carbocycles. The minimum absolute atomic E-state index is 0.185. The molecule has 8 heteroatoms. The highest BCUT2D eigenvalue weighted by Crippen LogP contribution is 2.35. The summed E-state index contributed by atoms with van der Waals surface area (Å²) >= 11 is 0. The summed E-state index contributed by atoms with van der Waals surface area (Å²) in [5.74, 6) is 0. The van der Waals surface area contributed by atoms with Gasteiger partial charge in [-0.15, -0.1) is 6.58 Å². The van der Waals surface area contributed by atoms with Crippen LogP contribution in [0.25, 0.3) is 0 Å². The summed E-state index contributed by atoms with van der Waals surface area (Å²) < 4.78 is 63.8. The van der Waals surface area contributed by atoms with Crippen molar-refractivity contribution in [1.82, 2.24) is 4.31 Å². The average molecular weight is 309 g/mol. The molecule has 0 spiro atoms. The minimum atomic E-state index is -4.78. The highest BCUT2D eigenvalue weighted by molar-refractivity contribution is 7.89. The molecular formula is C12H14F3NO3S. The van der Waals surface area contributed by atoms with E-state index in [1.807, 2.05) is 0 Å². The maximum Gasteiger partial charge on any atom is 0.417 e. The number of rotatable bonds is 6. The van der Waals surface area contributed by atoms with Gasteiger partial charge in [-0.3, -0.25) is 0 Å². The standard InChI is InChI=1S/C12H14F3NO3S/c1-2-7-16(8-9-17)20(18,19)11-6-4-3-5-10(11)12(13,14)15/h2-6,17H,1,7-9H2. The summed E-state index contributed by atoms with van der Waals surface area (Å²) in [6, 6.07) is 3.93. The van der Waals surface area contributed by atoms with Gasteiger partial charge in [0.25, 0.3) is 0 Å². The molecule has 0 fully saturated rings. The van der Waals surface area contributed by atoms with Crippen LogP contribution in [0.15, 0.2) is 41.8 Å². The molecule has 0 aliphatic rings. The second-order valence-corrected chi connectivity index (χ2v) is 5.78. The van der Waals surface area contributed by atoms with Gasteiger partial charge in [-0.05, 0) is 12.1 Å². The summed E-state index contributed by atoms with van der Waals surface area (Å²) in [5.41, 5.74) is -1.23. The summed E-state index contributed by atoms with van der Waals surface area (Å²) in [4.78, 5) is -0.831. The van der Waals surface area contributed by atoms with Crippen LogP contribution in [0, 0.1) is 0 Å². The van der Waals surface area contributed by atoms with Crippen molar-refractivity contribution in [3.05, 3.63) is 42.5 Å². The van der Waals surface area contributed by atoms with Crippen LogP contribution in [-0.2, 0) is 16.2 Å². The lowest BCUT2D eigenvalue weighted by atomic mass is 10.2. The summed E-state index contributed by atoms with van der Waals surface area (Å²) in [6.45, 7) is 2.36. The number of sulfonamides is 1. The summed E-state index contributed by atoms with van der Waals surface area (Å²) in [6.07, 6.45) is -3.54. The lowest BCUT2D eigenvalue weighted by Crippen LogP contribution is -2.34. The molecule has 1 aromatic carbocycles. The van der Waals surface area contributed by atoms with Gasteiger partial charge in [0.1, 0.15) is 0 Å². The maximum absolute atomic E-state index is 12.9. The van der Waals surface area contributed by atoms with E-state index >= 15 is 0 Å². The number of nitrogens with zero attached hydrogens (tertiary/aromatic N) is 1. The van der Waals surface area contributed by atoms with E-state index in [4.69, 9.17) is 5.11 Å². The van der Waals surface area contributed by atoms with Gasteiger partial charge in [0.2, 0.25) is 10.0 Å². The average Bonchev–Trinajstić information content (AvgIpc) is 2.37. The molecule has 0 amide bonds. The van der Waals surface area contributed by atoms with Crippen molar-refractivity contribution in [3.8, 4) is 0 Å². The number of hydrogen-bond acceptors (Lipinski definition) is 3. The van der Waals surface area contributed by atoms with Crippen molar-refractivity contribution < 1.29 is 26.7 Å². The molecule has 4 nitrogen and oxygen atoms in total. The fourth-order valence-electron chi connectivity index (χ4n) is 1.63. The first-order valence-corrected chi connectivity index (χ1v) is 7.07. The molecule has 0 bridgehead atoms. The van der Waals surface area contributed by atoms with Crippen LogP contribution in [0.4, 0.5) is 13.2 Å². The second kappa shape index (κ2) is 6.38. The van der Waals surface area contributed by atoms with E-state index in [-0.39, 0.29) is 13.1 Å². The zero-order chi connectivity index (χ0) is 15.4. The molecule has 1 rings (SSSR count). The number of benzene rings is 1. The van der Waals surface area contributed by atoms with Gasteiger partial charge in [0.15, 0.2) is 0 Å². The van der Waals surface area contributed by atoms with Gasteiger partial charge in [-0.2, -0.15) is 17.5 Å². The molecule has 0 saturated heterocycles. The molecule has 20 heavy (non-hydrogen) atoms. The maximum atomic E-state index is 12.9. The van der Waals surface area contributed by atoms with E-state index < -0.39 is 33.3 Å². The van der Waals surface area contributed by atoms with E-state index in [0.717, 1.165) is 16.4 Å². The van der Waals surface area contributed by atoms with Crippen LogP contribution in [-0.4, -0.2) is 37.5 Å². The minimum Gasteiger partial charge on any atom is -0.395 e. The molecule has 0 aromatic heterocycles. The predicted octanol–water partition coefficient (Wildman–Crippen LogP) is 1.87. The Kier molecular flexibility index (Phi) is 5.32. The van der Waals surface area contributed by atoms with E-state index in [0.29, 0.717) is 6.07 Å². The fourth-order valence-corrected chi connectivity index (χ4v) is 3.24. The quantitative estimate of drug-likeness (QED) is 0.816. The first-order chi connectivity index (χ1) is 9.25. The molecule has 0 radical (unpaired) electrons. The Morgan fingerprint density at radius 1 is 1.30 bits per heavy atom. The van der Waals surface area contributed by atoms with Crippen LogP contribution in [0.5, 0.6) is 0 Å². The Morgan fingerprint density at radius 2 is 1.90 bits per heavy atom. The Hall–Kier alpha value is -1.38. The summed E-state index contributed by atoms with van der Waals surface area (Å²) in [7, 11) is -4.36. The third-order valence-corrected chi connectivity index (χ3v) is 4.42. The number of aliphatic hydroxyl groups is 1. The van der Waals surface area contributed by atoms with Crippen LogP contribution < -0.4 is 0 Å². The highest BCUT2D eigenvalue weighted by Gasteiger charge is 2.38. The van der Waals surface area contributed by atoms with Crippen LogP contribution >= 0.6 is 0 Å². The van der Waals surface area contributed by atoms with Gasteiger partial charge in [-0.25, -0.2) is 8.42 Å². The van der Waals surface area contributed by atoms with Crippen molar-refractivity contribution in [2.45, 2.75) is 11.1 Å². The molecule has 0 saturated carbocycles. The predicted molar refractivity (Wildman–Crippen MR) is 67.5 cm³/mol. The van der Waals surface area contributed by atoms with Crippen molar-refractivity contribution in [1.29, 1.82) is 0 Å². The number of aliphatic hydroxyl groups excluding tert-OH is 1. The topological polar surface area (TPSA) is 57.6 Å². The lowest BCUT2D eigenvalue weighted by molar-refractivity contribution is -0.139. The van der Waals surface area contributed by atoms with Crippen molar-refractivity contribution in [2.24, 2.45) is 0 Å². The molecule has 1 N–H and O–H groups in total. The summed E-state index contributed by atoms with van der Waals surface area (Å²) in [5, 5.41) is 8.84. The van der Waals surface area contributed by atoms with Gasteiger partial charge in [0.05, 0.1) is 17.1 Å². The fraction of sp³-hybridized carbons (Fsp3) is 0.333. The highest BCUT2D eigenvalue weighted by atomic mass is 32.2. The Balaban J connectivity index is 3.38. The monoisotopic (exact) mass is 309 g/mol. The molecule has 1 aromatic rings. The van der Waals surface area contributed by atoms with Crippen molar-refractivity contribution in [2.75, 3.05) is 19.7 Å². The van der Waals surface area contributed by atoms with Crippen LogP contribution in [0.1, 0.15) is 5.56 Å². The largest absolute Gasteiger partial charge is 0.417 e. The second-order valence-electron chi connectivity index (χ2n) is 3.87. The van der Waals surface area contributed by atoms with Crippen molar-refractivity contribution in [3.63, 3.8) is 0 Å². The number of alkyl halides is 3. The zero-order valence-corrected chi connectivity index (χ0v) is 11.3. The van der Waals surface area contributed by atoms with E-state index in [9.17, 15) is 21.6 Å². The van der Waals surface area contributed by atoms with Crippen molar-refractivity contribution >= 4 is 10.0 Å². The molecule has 0 heterocycles. The first kappa shape index (κ1) is 16.7. The molecule has 0 atom stereocenters. The number of hydrogen-bond donors (Lipinski definition) is 1. The molecule has 0 aliphatic heterocycles. The van der Waals surface area contributed by atoms with E-state index in [1.165, 1.54) is 12.1 Å². The van der Waals surface area contributed by atoms with Crippen LogP contribution in [0.2, 0.25) is 0 Å². The molecule has 112 valence electrons. The Bertz CT molecular complexity index is 570.